The molecule has 0 radical (unpaired) electrons. The van der Waals surface area contributed by atoms with E-state index < -0.39 is 6.10 Å². The summed E-state index contributed by atoms with van der Waals surface area (Å²) < 4.78 is 0. The molecule has 1 aromatic heterocycles. The van der Waals surface area contributed by atoms with Gasteiger partial charge < -0.3 is 15.3 Å². The van der Waals surface area contributed by atoms with Crippen molar-refractivity contribution in [3.05, 3.63) is 23.5 Å². The molecule has 0 bridgehead atoms. The van der Waals surface area contributed by atoms with E-state index in [0.717, 1.165) is 37.8 Å². The first-order valence-corrected chi connectivity index (χ1v) is 8.38. The van der Waals surface area contributed by atoms with Crippen LogP contribution in [-0.4, -0.2) is 46.0 Å². The number of aliphatic hydroxyl groups is 1. The SMILES string of the molecule is O=C(CN1CCCCC(O)C1=O)Nc1cnc2c(c1)CCCC2. The molecule has 2 heterocycles. The van der Waals surface area contributed by atoms with E-state index >= 15 is 0 Å². The van der Waals surface area contributed by atoms with E-state index in [2.05, 4.69) is 10.3 Å². The number of carbonyl (C=O) groups excluding carboxylic acids is 2. The van der Waals surface area contributed by atoms with Gasteiger partial charge >= 0.3 is 0 Å². The minimum Gasteiger partial charge on any atom is -0.383 e. The van der Waals surface area contributed by atoms with Crippen LogP contribution in [0.3, 0.4) is 0 Å². The van der Waals surface area contributed by atoms with Crippen molar-refractivity contribution in [3.8, 4) is 0 Å². The molecular weight excluding hydrogens is 294 g/mol. The van der Waals surface area contributed by atoms with Crippen LogP contribution in [0, 0.1) is 0 Å². The van der Waals surface area contributed by atoms with Gasteiger partial charge in [0.1, 0.15) is 6.10 Å². The first-order valence-electron chi connectivity index (χ1n) is 8.38. The van der Waals surface area contributed by atoms with Gasteiger partial charge in [-0.3, -0.25) is 14.6 Å². The number of aromatic nitrogens is 1. The highest BCUT2D eigenvalue weighted by atomic mass is 16.3. The molecule has 0 saturated carbocycles. The van der Waals surface area contributed by atoms with Crippen molar-refractivity contribution in [2.75, 3.05) is 18.4 Å². The molecule has 0 aromatic carbocycles. The van der Waals surface area contributed by atoms with Crippen LogP contribution in [0.1, 0.15) is 43.4 Å². The maximum Gasteiger partial charge on any atom is 0.251 e. The number of carbonyl (C=O) groups is 2. The van der Waals surface area contributed by atoms with E-state index in [-0.39, 0.29) is 18.4 Å². The third kappa shape index (κ3) is 3.88. The third-order valence-corrected chi connectivity index (χ3v) is 4.54. The average molecular weight is 317 g/mol. The van der Waals surface area contributed by atoms with Gasteiger partial charge in [0.25, 0.3) is 5.91 Å². The van der Waals surface area contributed by atoms with Crippen molar-refractivity contribution >= 4 is 17.5 Å². The Morgan fingerprint density at radius 2 is 2.13 bits per heavy atom. The summed E-state index contributed by atoms with van der Waals surface area (Å²) in [4.78, 5) is 30.1. The fourth-order valence-electron chi connectivity index (χ4n) is 3.27. The highest BCUT2D eigenvalue weighted by molar-refractivity contribution is 5.95. The lowest BCUT2D eigenvalue weighted by Crippen LogP contribution is -2.42. The standard InChI is InChI=1S/C17H23N3O3/c21-15-7-3-4-8-20(17(15)23)11-16(22)19-13-9-12-5-1-2-6-14(12)18-10-13/h9-10,15,21H,1-8,11H2,(H,19,22). The molecule has 1 saturated heterocycles. The Morgan fingerprint density at radius 1 is 1.30 bits per heavy atom. The number of nitrogens with zero attached hydrogens (tertiary/aromatic N) is 2. The van der Waals surface area contributed by atoms with E-state index in [9.17, 15) is 14.7 Å². The Hall–Kier alpha value is -1.95. The molecule has 2 N–H and O–H groups in total. The minimum atomic E-state index is -0.976. The molecule has 3 rings (SSSR count). The lowest BCUT2D eigenvalue weighted by Gasteiger charge is -2.22. The Bertz CT molecular complexity index is 603. The first-order chi connectivity index (χ1) is 11.1. The molecule has 2 amide bonds. The summed E-state index contributed by atoms with van der Waals surface area (Å²) in [5.41, 5.74) is 3.01. The average Bonchev–Trinajstić information content (AvgIpc) is 2.70. The molecule has 1 aliphatic carbocycles. The number of nitrogens with one attached hydrogen (secondary N) is 1. The Morgan fingerprint density at radius 3 is 3.00 bits per heavy atom. The van der Waals surface area contributed by atoms with Crippen molar-refractivity contribution in [1.82, 2.24) is 9.88 Å². The molecule has 1 fully saturated rings. The van der Waals surface area contributed by atoms with Crippen LogP contribution in [-0.2, 0) is 22.4 Å². The zero-order valence-corrected chi connectivity index (χ0v) is 13.3. The number of hydrogen-bond donors (Lipinski definition) is 2. The number of amides is 2. The van der Waals surface area contributed by atoms with Gasteiger partial charge in [0.2, 0.25) is 5.91 Å². The summed E-state index contributed by atoms with van der Waals surface area (Å²) in [6.45, 7) is 0.499. The maximum atomic E-state index is 12.2. The fraction of sp³-hybridized carbons (Fsp3) is 0.588. The smallest absolute Gasteiger partial charge is 0.251 e. The predicted molar refractivity (Wildman–Crippen MR) is 85.9 cm³/mol. The van der Waals surface area contributed by atoms with Crippen LogP contribution >= 0.6 is 0 Å². The van der Waals surface area contributed by atoms with Gasteiger partial charge in [-0.25, -0.2) is 0 Å². The number of aryl methyl sites for hydroxylation is 2. The lowest BCUT2D eigenvalue weighted by molar-refractivity contribution is -0.141. The molecular formula is C17H23N3O3. The fourth-order valence-corrected chi connectivity index (χ4v) is 3.27. The molecule has 124 valence electrons. The van der Waals surface area contributed by atoms with Crippen LogP contribution in [0.4, 0.5) is 5.69 Å². The third-order valence-electron chi connectivity index (χ3n) is 4.54. The first kappa shape index (κ1) is 15.9. The highest BCUT2D eigenvalue weighted by Gasteiger charge is 2.26. The minimum absolute atomic E-state index is 0.0209. The molecule has 2 aliphatic rings. The second-order valence-corrected chi connectivity index (χ2v) is 6.36. The number of aliphatic hydroxyl groups excluding tert-OH is 1. The monoisotopic (exact) mass is 317 g/mol. The van der Waals surface area contributed by atoms with Crippen molar-refractivity contribution in [2.45, 2.75) is 51.0 Å². The van der Waals surface area contributed by atoms with Gasteiger partial charge in [0, 0.05) is 12.2 Å². The number of rotatable bonds is 3. The summed E-state index contributed by atoms with van der Waals surface area (Å²) in [5.74, 6) is -0.591. The van der Waals surface area contributed by atoms with Crippen molar-refractivity contribution in [1.29, 1.82) is 0 Å². The summed E-state index contributed by atoms with van der Waals surface area (Å²) >= 11 is 0. The number of hydrogen-bond acceptors (Lipinski definition) is 4. The summed E-state index contributed by atoms with van der Waals surface area (Å²) in [5, 5.41) is 12.5. The predicted octanol–water partition coefficient (Wildman–Crippen LogP) is 1.27. The van der Waals surface area contributed by atoms with Crippen molar-refractivity contribution in [3.63, 3.8) is 0 Å². The quantitative estimate of drug-likeness (QED) is 0.879. The maximum absolute atomic E-state index is 12.2. The molecule has 1 aliphatic heterocycles. The molecule has 6 nitrogen and oxygen atoms in total. The largest absolute Gasteiger partial charge is 0.383 e. The van der Waals surface area contributed by atoms with E-state index in [0.29, 0.717) is 18.7 Å². The van der Waals surface area contributed by atoms with Crippen molar-refractivity contribution < 1.29 is 14.7 Å². The van der Waals surface area contributed by atoms with Crippen LogP contribution in [0.2, 0.25) is 0 Å². The molecule has 6 heteroatoms. The van der Waals surface area contributed by atoms with Gasteiger partial charge in [-0.2, -0.15) is 0 Å². The molecule has 1 aromatic rings. The van der Waals surface area contributed by atoms with E-state index in [1.807, 2.05) is 6.07 Å². The second-order valence-electron chi connectivity index (χ2n) is 6.36. The summed E-state index contributed by atoms with van der Waals surface area (Å²) in [6, 6.07) is 1.98. The number of fused-ring (bicyclic) bond motifs is 1. The Balaban J connectivity index is 1.61. The highest BCUT2D eigenvalue weighted by Crippen LogP contribution is 2.22. The van der Waals surface area contributed by atoms with Crippen LogP contribution in [0.15, 0.2) is 12.3 Å². The molecule has 23 heavy (non-hydrogen) atoms. The van der Waals surface area contributed by atoms with Crippen LogP contribution < -0.4 is 5.32 Å². The summed E-state index contributed by atoms with van der Waals surface area (Å²) in [7, 11) is 0. The van der Waals surface area contributed by atoms with Gasteiger partial charge in [0.15, 0.2) is 0 Å². The zero-order valence-electron chi connectivity index (χ0n) is 13.3. The number of likely N-dealkylation sites (tertiary alicyclic amines) is 1. The van der Waals surface area contributed by atoms with Crippen LogP contribution in [0.25, 0.3) is 0 Å². The van der Waals surface area contributed by atoms with Gasteiger partial charge in [0.05, 0.1) is 18.4 Å². The number of pyridine rings is 1. The van der Waals surface area contributed by atoms with E-state index in [1.54, 1.807) is 6.20 Å². The van der Waals surface area contributed by atoms with Crippen LogP contribution in [0.5, 0.6) is 0 Å². The van der Waals surface area contributed by atoms with Crippen molar-refractivity contribution in [2.24, 2.45) is 0 Å². The van der Waals surface area contributed by atoms with E-state index in [1.165, 1.54) is 16.9 Å². The normalized spacial score (nSPS) is 21.5. The Kier molecular flexibility index (Phi) is 4.91. The van der Waals surface area contributed by atoms with Gasteiger partial charge in [-0.1, -0.05) is 0 Å². The van der Waals surface area contributed by atoms with Gasteiger partial charge in [-0.05, 0) is 56.6 Å². The van der Waals surface area contributed by atoms with Gasteiger partial charge in [-0.15, -0.1) is 0 Å². The zero-order chi connectivity index (χ0) is 16.2. The topological polar surface area (TPSA) is 82.5 Å². The summed E-state index contributed by atoms with van der Waals surface area (Å²) in [6.07, 6.45) is 7.14. The van der Waals surface area contributed by atoms with E-state index in [4.69, 9.17) is 0 Å². The molecule has 1 atom stereocenters. The second kappa shape index (κ2) is 7.08. The Labute approximate surface area is 135 Å². The molecule has 0 spiro atoms. The lowest BCUT2D eigenvalue weighted by atomic mass is 9.96. The number of anilines is 1. The molecule has 1 unspecified atom stereocenters.